The molecule has 16 heteroatoms. The number of nitrogens with one attached hydrogen (secondary N) is 2. The van der Waals surface area contributed by atoms with Crippen molar-refractivity contribution in [2.75, 3.05) is 24.4 Å². The number of nitrogen functional groups attached to an aromatic ring is 2. The maximum absolute atomic E-state index is 11.4. The van der Waals surface area contributed by atoms with Crippen molar-refractivity contribution in [3.8, 4) is 0 Å². The Balaban J connectivity index is 0.000000230. The first-order valence-corrected chi connectivity index (χ1v) is 9.67. The molecule has 1 atom stereocenters. The Kier molecular flexibility index (Phi) is 7.19. The second-order valence-electron chi connectivity index (χ2n) is 5.60. The number of hydrogen-bond donors (Lipinski definition) is 7. The molecule has 0 bridgehead atoms. The summed E-state index contributed by atoms with van der Waals surface area (Å²) in [5.74, 6) is 0.141. The Labute approximate surface area is 161 Å². The maximum atomic E-state index is 11.4. The van der Waals surface area contributed by atoms with Crippen LogP contribution >= 0.6 is 7.60 Å². The molecule has 0 aromatic carbocycles. The van der Waals surface area contributed by atoms with Crippen molar-refractivity contribution in [3.05, 3.63) is 39.4 Å². The van der Waals surface area contributed by atoms with Crippen LogP contribution in [0.3, 0.4) is 0 Å². The number of aliphatic hydroxyl groups is 1. The SMILES string of the molecule is Nc1ccn(C[C@@H](CO)OCP(=O)(O)O)c(=O)n1.Nc1nc2nc[nH]c2c(=O)[nH]1. The number of fused-ring (bicyclic) bond motifs is 1. The lowest BCUT2D eigenvalue weighted by molar-refractivity contribution is 0.0188. The van der Waals surface area contributed by atoms with Gasteiger partial charge in [-0.15, -0.1) is 0 Å². The summed E-state index contributed by atoms with van der Waals surface area (Å²) in [5.41, 5.74) is 10.3. The molecule has 0 radical (unpaired) electrons. The van der Waals surface area contributed by atoms with Crippen LogP contribution in [-0.2, 0) is 15.8 Å². The van der Waals surface area contributed by atoms with Gasteiger partial charge in [-0.2, -0.15) is 9.97 Å². The van der Waals surface area contributed by atoms with Crippen LogP contribution in [-0.4, -0.2) is 63.4 Å². The number of aromatic amines is 2. The van der Waals surface area contributed by atoms with Crippen molar-refractivity contribution < 1.29 is 24.2 Å². The monoisotopic (exact) mass is 430 g/mol. The fraction of sp³-hybridized carbons (Fsp3) is 0.308. The summed E-state index contributed by atoms with van der Waals surface area (Å²) in [5, 5.41) is 8.99. The van der Waals surface area contributed by atoms with E-state index >= 15 is 0 Å². The van der Waals surface area contributed by atoms with E-state index in [0.29, 0.717) is 11.2 Å². The number of H-pyrrole nitrogens is 2. The largest absolute Gasteiger partial charge is 0.394 e. The van der Waals surface area contributed by atoms with Crippen LogP contribution in [0.1, 0.15) is 0 Å². The summed E-state index contributed by atoms with van der Waals surface area (Å²) < 4.78 is 16.5. The molecule has 9 N–H and O–H groups in total. The normalized spacial score (nSPS) is 12.4. The highest BCUT2D eigenvalue weighted by Crippen LogP contribution is 2.34. The lowest BCUT2D eigenvalue weighted by Crippen LogP contribution is -2.32. The van der Waals surface area contributed by atoms with Gasteiger partial charge >= 0.3 is 13.3 Å². The fourth-order valence-electron chi connectivity index (χ4n) is 2.03. The number of ether oxygens (including phenoxy) is 1. The molecule has 3 aromatic rings. The number of aliphatic hydroxyl groups excluding tert-OH is 1. The van der Waals surface area contributed by atoms with Crippen LogP contribution in [0.15, 0.2) is 28.2 Å². The molecule has 0 saturated heterocycles. The van der Waals surface area contributed by atoms with Crippen LogP contribution in [0, 0.1) is 0 Å². The molecule has 0 aliphatic heterocycles. The molecule has 0 aliphatic carbocycles. The maximum Gasteiger partial charge on any atom is 0.350 e. The van der Waals surface area contributed by atoms with Crippen LogP contribution in [0.25, 0.3) is 11.2 Å². The molecule has 3 heterocycles. The van der Waals surface area contributed by atoms with Crippen molar-refractivity contribution in [1.29, 1.82) is 0 Å². The van der Waals surface area contributed by atoms with E-state index in [1.54, 1.807) is 0 Å². The Morgan fingerprint density at radius 3 is 2.62 bits per heavy atom. The molecule has 29 heavy (non-hydrogen) atoms. The Morgan fingerprint density at radius 1 is 1.28 bits per heavy atom. The summed E-state index contributed by atoms with van der Waals surface area (Å²) >= 11 is 0. The van der Waals surface area contributed by atoms with Crippen molar-refractivity contribution in [2.24, 2.45) is 0 Å². The van der Waals surface area contributed by atoms with Gasteiger partial charge in [-0.1, -0.05) is 0 Å². The number of nitrogens with zero attached hydrogens (tertiary/aromatic N) is 4. The van der Waals surface area contributed by atoms with E-state index in [2.05, 4.69) is 24.9 Å². The Bertz CT molecular complexity index is 1120. The number of imidazole rings is 1. The van der Waals surface area contributed by atoms with Gasteiger partial charge in [0.1, 0.15) is 12.2 Å². The Morgan fingerprint density at radius 2 is 2.00 bits per heavy atom. The number of anilines is 2. The first-order valence-electron chi connectivity index (χ1n) is 7.88. The molecular formula is C13H19N8O7P. The predicted molar refractivity (Wildman–Crippen MR) is 101 cm³/mol. The standard InChI is InChI=1S/C8H14N3O6P.C5H5N5O/c9-7-1-2-11(8(13)10-7)3-6(4-12)17-5-18(14,15)16;6-5-9-3-2(4(11)10-5)7-1-8-3/h1-2,6,12H,3-5H2,(H2,9,10,13)(H2,14,15,16);1H,(H4,6,7,8,9,10,11)/t6-;/m0./s1. The van der Waals surface area contributed by atoms with Gasteiger partial charge in [0.05, 0.1) is 25.6 Å². The molecule has 0 spiro atoms. The number of aromatic nitrogens is 6. The van der Waals surface area contributed by atoms with Gasteiger partial charge in [0.2, 0.25) is 5.95 Å². The van der Waals surface area contributed by atoms with Gasteiger partial charge < -0.3 is 36.1 Å². The van der Waals surface area contributed by atoms with Gasteiger partial charge in [0.15, 0.2) is 11.2 Å². The molecular weight excluding hydrogens is 411 g/mol. The highest BCUT2D eigenvalue weighted by Gasteiger charge is 2.18. The number of nitrogens with two attached hydrogens (primary N) is 2. The highest BCUT2D eigenvalue weighted by atomic mass is 31.2. The zero-order valence-electron chi connectivity index (χ0n) is 14.8. The van der Waals surface area contributed by atoms with Crippen LogP contribution in [0.5, 0.6) is 0 Å². The summed E-state index contributed by atoms with van der Waals surface area (Å²) in [6.07, 6.45) is 1.01. The zero-order chi connectivity index (χ0) is 21.6. The molecule has 158 valence electrons. The first-order chi connectivity index (χ1) is 13.6. The van der Waals surface area contributed by atoms with Crippen molar-refractivity contribution in [3.63, 3.8) is 0 Å². The topological polar surface area (TPSA) is 248 Å². The summed E-state index contributed by atoms with van der Waals surface area (Å²) in [7, 11) is -4.31. The van der Waals surface area contributed by atoms with E-state index in [4.69, 9.17) is 31.1 Å². The molecule has 3 aromatic heterocycles. The van der Waals surface area contributed by atoms with Crippen LogP contribution < -0.4 is 22.7 Å². The van der Waals surface area contributed by atoms with E-state index < -0.39 is 32.3 Å². The van der Waals surface area contributed by atoms with Crippen molar-refractivity contribution in [1.82, 2.24) is 29.5 Å². The molecule has 0 saturated carbocycles. The Hall–Kier alpha value is -3.10. The third-order valence-electron chi connectivity index (χ3n) is 3.29. The highest BCUT2D eigenvalue weighted by molar-refractivity contribution is 7.51. The number of rotatable bonds is 6. The van der Waals surface area contributed by atoms with Crippen LogP contribution in [0.2, 0.25) is 0 Å². The lowest BCUT2D eigenvalue weighted by atomic mass is 10.3. The molecule has 0 unspecified atom stereocenters. The summed E-state index contributed by atoms with van der Waals surface area (Å²) in [4.78, 5) is 55.6. The van der Waals surface area contributed by atoms with Gasteiger partial charge in [-0.3, -0.25) is 18.9 Å². The summed E-state index contributed by atoms with van der Waals surface area (Å²) in [6, 6.07) is 1.39. The average molecular weight is 430 g/mol. The van der Waals surface area contributed by atoms with E-state index in [1.807, 2.05) is 0 Å². The van der Waals surface area contributed by atoms with Gasteiger partial charge in [0, 0.05) is 6.20 Å². The minimum atomic E-state index is -4.31. The molecule has 0 amide bonds. The zero-order valence-corrected chi connectivity index (χ0v) is 15.7. The molecule has 0 fully saturated rings. The smallest absolute Gasteiger partial charge is 0.350 e. The predicted octanol–water partition coefficient (Wildman–Crippen LogP) is -2.43. The number of hydrogen-bond acceptors (Lipinski definition) is 10. The second-order valence-corrected chi connectivity index (χ2v) is 7.19. The molecule has 15 nitrogen and oxygen atoms in total. The van der Waals surface area contributed by atoms with E-state index in [9.17, 15) is 14.2 Å². The average Bonchev–Trinajstić information content (AvgIpc) is 3.09. The first kappa shape index (κ1) is 22.2. The molecule has 0 aliphatic rings. The summed E-state index contributed by atoms with van der Waals surface area (Å²) in [6.45, 7) is -0.570. The van der Waals surface area contributed by atoms with E-state index in [1.165, 1.54) is 18.6 Å². The van der Waals surface area contributed by atoms with Gasteiger partial charge in [-0.05, 0) is 6.07 Å². The van der Waals surface area contributed by atoms with Crippen LogP contribution in [0.4, 0.5) is 11.8 Å². The molecule has 3 rings (SSSR count). The van der Waals surface area contributed by atoms with Crippen molar-refractivity contribution in [2.45, 2.75) is 12.6 Å². The fourth-order valence-corrected chi connectivity index (χ4v) is 2.43. The van der Waals surface area contributed by atoms with E-state index in [0.717, 1.165) is 4.57 Å². The lowest BCUT2D eigenvalue weighted by Gasteiger charge is -2.16. The van der Waals surface area contributed by atoms with Gasteiger partial charge in [-0.25, -0.2) is 9.78 Å². The third kappa shape index (κ3) is 6.78. The third-order valence-corrected chi connectivity index (χ3v) is 3.78. The minimum Gasteiger partial charge on any atom is -0.394 e. The minimum absolute atomic E-state index is 0.0629. The quantitative estimate of drug-likeness (QED) is 0.202. The van der Waals surface area contributed by atoms with E-state index in [-0.39, 0.29) is 23.9 Å². The second kappa shape index (κ2) is 9.40. The van der Waals surface area contributed by atoms with Gasteiger partial charge in [0.25, 0.3) is 5.56 Å². The van der Waals surface area contributed by atoms with Crippen molar-refractivity contribution >= 4 is 30.5 Å².